The third-order valence-corrected chi connectivity index (χ3v) is 4.49. The van der Waals surface area contributed by atoms with Gasteiger partial charge in [0.2, 0.25) is 0 Å². The molecule has 0 heterocycles. The van der Waals surface area contributed by atoms with Crippen LogP contribution in [0.2, 0.25) is 0 Å². The number of rotatable bonds is 4. The molecule has 0 saturated carbocycles. The number of hydrogen-bond donors (Lipinski definition) is 1. The molecule has 0 aliphatic heterocycles. The summed E-state index contributed by atoms with van der Waals surface area (Å²) in [6, 6.07) is 6.19. The van der Waals surface area contributed by atoms with E-state index in [-0.39, 0.29) is 5.41 Å². The molecule has 1 atom stereocenters. The fraction of sp³-hybridized carbons (Fsp3) is 0.467. The predicted molar refractivity (Wildman–Crippen MR) is 84.7 cm³/mol. The summed E-state index contributed by atoms with van der Waals surface area (Å²) in [6.07, 6.45) is 3.96. The van der Waals surface area contributed by atoms with Crippen LogP contribution in [0, 0.1) is 10.1 Å². The third-order valence-electron chi connectivity index (χ3n) is 3.84. The van der Waals surface area contributed by atoms with Gasteiger partial charge in [-0.15, -0.1) is 11.8 Å². The van der Waals surface area contributed by atoms with Gasteiger partial charge >= 0.3 is 0 Å². The standard InChI is InChI=1S/C15H20N2O2S/c1-10-8-15(2,3)11-6-5-7-12(14(10)11)16-13(20-4)9-17(18)19/h5-7,9-10,16H,8H2,1-4H3/b13-9-. The Labute approximate surface area is 123 Å². The molecule has 0 spiro atoms. The Morgan fingerprint density at radius 1 is 1.55 bits per heavy atom. The zero-order valence-electron chi connectivity index (χ0n) is 12.3. The lowest BCUT2D eigenvalue weighted by molar-refractivity contribution is -0.402. The van der Waals surface area contributed by atoms with Crippen LogP contribution < -0.4 is 5.32 Å². The molecule has 0 fully saturated rings. The van der Waals surface area contributed by atoms with Gasteiger partial charge in [-0.1, -0.05) is 32.9 Å². The lowest BCUT2D eigenvalue weighted by Gasteiger charge is -2.19. The van der Waals surface area contributed by atoms with Gasteiger partial charge in [0.25, 0.3) is 6.20 Å². The first kappa shape index (κ1) is 14.9. The van der Waals surface area contributed by atoms with Crippen LogP contribution in [-0.4, -0.2) is 11.2 Å². The molecule has 0 aromatic heterocycles. The van der Waals surface area contributed by atoms with Gasteiger partial charge in [0.15, 0.2) is 0 Å². The van der Waals surface area contributed by atoms with Crippen molar-refractivity contribution in [2.45, 2.75) is 38.5 Å². The fourth-order valence-electron chi connectivity index (χ4n) is 3.14. The van der Waals surface area contributed by atoms with E-state index in [0.717, 1.165) is 18.3 Å². The van der Waals surface area contributed by atoms with Gasteiger partial charge in [-0.3, -0.25) is 10.1 Å². The minimum atomic E-state index is -0.421. The summed E-state index contributed by atoms with van der Waals surface area (Å²) in [5.41, 5.74) is 3.79. The summed E-state index contributed by atoms with van der Waals surface area (Å²) in [5.74, 6) is 0.461. The van der Waals surface area contributed by atoms with Crippen molar-refractivity contribution < 1.29 is 4.92 Å². The second-order valence-electron chi connectivity index (χ2n) is 5.86. The lowest BCUT2D eigenvalue weighted by Crippen LogP contribution is -2.12. The summed E-state index contributed by atoms with van der Waals surface area (Å²) in [5, 5.41) is 14.4. The number of nitrogens with one attached hydrogen (secondary N) is 1. The summed E-state index contributed by atoms with van der Waals surface area (Å²) >= 11 is 1.35. The molecule has 1 N–H and O–H groups in total. The van der Waals surface area contributed by atoms with Crippen LogP contribution >= 0.6 is 11.8 Å². The second kappa shape index (κ2) is 5.48. The van der Waals surface area contributed by atoms with Gasteiger partial charge < -0.3 is 5.32 Å². The van der Waals surface area contributed by atoms with Crippen molar-refractivity contribution in [3.05, 3.63) is 50.7 Å². The van der Waals surface area contributed by atoms with Crippen molar-refractivity contribution in [3.8, 4) is 0 Å². The molecule has 1 aromatic carbocycles. The molecule has 0 amide bonds. The molecule has 1 aromatic rings. The Balaban J connectivity index is 2.41. The van der Waals surface area contributed by atoms with Crippen molar-refractivity contribution in [2.24, 2.45) is 0 Å². The van der Waals surface area contributed by atoms with Gasteiger partial charge in [0.05, 0.1) is 4.92 Å². The van der Waals surface area contributed by atoms with Crippen molar-refractivity contribution in [1.82, 2.24) is 0 Å². The highest BCUT2D eigenvalue weighted by molar-refractivity contribution is 8.02. The molecule has 0 bridgehead atoms. The minimum absolute atomic E-state index is 0.165. The highest BCUT2D eigenvalue weighted by atomic mass is 32.2. The molecule has 2 rings (SSSR count). The molecule has 0 radical (unpaired) electrons. The van der Waals surface area contributed by atoms with E-state index in [1.165, 1.54) is 22.9 Å². The molecule has 4 nitrogen and oxygen atoms in total. The van der Waals surface area contributed by atoms with Crippen LogP contribution in [0.15, 0.2) is 29.4 Å². The van der Waals surface area contributed by atoms with Crippen LogP contribution in [0.4, 0.5) is 5.69 Å². The van der Waals surface area contributed by atoms with Crippen molar-refractivity contribution in [2.75, 3.05) is 11.6 Å². The molecule has 1 aliphatic rings. The van der Waals surface area contributed by atoms with E-state index in [1.807, 2.05) is 18.4 Å². The smallest absolute Gasteiger partial charge is 0.264 e. The largest absolute Gasteiger partial charge is 0.345 e. The van der Waals surface area contributed by atoms with Crippen LogP contribution in [0.3, 0.4) is 0 Å². The maximum absolute atomic E-state index is 10.6. The van der Waals surface area contributed by atoms with E-state index in [1.54, 1.807) is 0 Å². The summed E-state index contributed by atoms with van der Waals surface area (Å²) in [7, 11) is 0. The first-order valence-corrected chi connectivity index (χ1v) is 7.87. The monoisotopic (exact) mass is 292 g/mol. The second-order valence-corrected chi connectivity index (χ2v) is 6.71. The quantitative estimate of drug-likeness (QED) is 0.663. The van der Waals surface area contributed by atoms with Crippen molar-refractivity contribution >= 4 is 17.4 Å². The van der Waals surface area contributed by atoms with Crippen LogP contribution in [0.5, 0.6) is 0 Å². The van der Waals surface area contributed by atoms with Gasteiger partial charge in [-0.2, -0.15) is 0 Å². The zero-order chi connectivity index (χ0) is 14.9. The summed E-state index contributed by atoms with van der Waals surface area (Å²) in [4.78, 5) is 10.2. The first-order chi connectivity index (χ1) is 9.35. The molecule has 5 heteroatoms. The SMILES string of the molecule is CS/C(=C\[N+](=O)[O-])Nc1cccc2c1C(C)CC2(C)C. The summed E-state index contributed by atoms with van der Waals surface area (Å²) in [6.45, 7) is 6.72. The van der Waals surface area contributed by atoms with E-state index in [0.29, 0.717) is 10.9 Å². The van der Waals surface area contributed by atoms with Crippen molar-refractivity contribution in [1.29, 1.82) is 0 Å². The Morgan fingerprint density at radius 2 is 2.25 bits per heavy atom. The number of anilines is 1. The van der Waals surface area contributed by atoms with Crippen LogP contribution in [0.1, 0.15) is 44.2 Å². The number of fused-ring (bicyclic) bond motifs is 1. The predicted octanol–water partition coefficient (Wildman–Crippen LogP) is 4.32. The molecule has 1 aliphatic carbocycles. The topological polar surface area (TPSA) is 55.2 Å². The van der Waals surface area contributed by atoms with Gasteiger partial charge in [-0.25, -0.2) is 0 Å². The minimum Gasteiger partial charge on any atom is -0.345 e. The van der Waals surface area contributed by atoms with Gasteiger partial charge in [0.1, 0.15) is 5.03 Å². The Bertz CT molecular complexity index is 567. The van der Waals surface area contributed by atoms with Gasteiger partial charge in [-0.05, 0) is 41.2 Å². The van der Waals surface area contributed by atoms with Crippen LogP contribution in [-0.2, 0) is 5.41 Å². The number of thioether (sulfide) groups is 1. The van der Waals surface area contributed by atoms with Crippen LogP contribution in [0.25, 0.3) is 0 Å². The molecule has 0 saturated heterocycles. The molecular formula is C15H20N2O2S. The number of nitro groups is 1. The number of hydrogen-bond acceptors (Lipinski definition) is 4. The van der Waals surface area contributed by atoms with E-state index >= 15 is 0 Å². The molecule has 108 valence electrons. The third kappa shape index (κ3) is 2.82. The normalized spacial score (nSPS) is 20.6. The first-order valence-electron chi connectivity index (χ1n) is 6.65. The zero-order valence-corrected chi connectivity index (χ0v) is 13.1. The lowest BCUT2D eigenvalue weighted by atomic mass is 9.86. The number of benzene rings is 1. The Hall–Kier alpha value is -1.49. The average molecular weight is 292 g/mol. The number of nitrogens with zero attached hydrogens (tertiary/aromatic N) is 1. The fourth-order valence-corrected chi connectivity index (χ4v) is 3.54. The van der Waals surface area contributed by atoms with E-state index in [2.05, 4.69) is 32.2 Å². The summed E-state index contributed by atoms with van der Waals surface area (Å²) < 4.78 is 0. The highest BCUT2D eigenvalue weighted by Crippen LogP contribution is 2.48. The highest BCUT2D eigenvalue weighted by Gasteiger charge is 2.36. The molecule has 1 unspecified atom stereocenters. The maximum atomic E-state index is 10.6. The molecular weight excluding hydrogens is 272 g/mol. The Morgan fingerprint density at radius 3 is 2.85 bits per heavy atom. The van der Waals surface area contributed by atoms with E-state index in [4.69, 9.17) is 0 Å². The Kier molecular flexibility index (Phi) is 4.09. The van der Waals surface area contributed by atoms with E-state index in [9.17, 15) is 10.1 Å². The molecule has 20 heavy (non-hydrogen) atoms. The van der Waals surface area contributed by atoms with Crippen molar-refractivity contribution in [3.63, 3.8) is 0 Å². The van der Waals surface area contributed by atoms with Gasteiger partial charge in [0, 0.05) is 5.69 Å². The van der Waals surface area contributed by atoms with E-state index < -0.39 is 4.92 Å². The average Bonchev–Trinajstić information content (AvgIpc) is 2.59. The maximum Gasteiger partial charge on any atom is 0.264 e.